The molecule has 1 aromatic carbocycles. The molecule has 20 heavy (non-hydrogen) atoms. The summed E-state index contributed by atoms with van der Waals surface area (Å²) in [7, 11) is 0. The Morgan fingerprint density at radius 3 is 2.40 bits per heavy atom. The molecule has 0 fully saturated rings. The number of anilines is 1. The maximum atomic E-state index is 12.7. The Kier molecular flexibility index (Phi) is 4.68. The van der Waals surface area contributed by atoms with Gasteiger partial charge in [0.15, 0.2) is 5.16 Å². The van der Waals surface area contributed by atoms with Crippen LogP contribution in [0.25, 0.3) is 0 Å². The van der Waals surface area contributed by atoms with Crippen LogP contribution >= 0.6 is 11.8 Å². The SMILES string of the molecule is Cc1cc(C)nc(SCC(=O)Nc2ccc(F)cc2)n1. The lowest BCUT2D eigenvalue weighted by molar-refractivity contribution is -0.113. The highest BCUT2D eigenvalue weighted by Gasteiger charge is 2.06. The van der Waals surface area contributed by atoms with Crippen LogP contribution < -0.4 is 5.32 Å². The molecular formula is C14H14FN3OS. The molecule has 0 aliphatic rings. The van der Waals surface area contributed by atoms with Gasteiger partial charge in [-0.2, -0.15) is 0 Å². The van der Waals surface area contributed by atoms with Gasteiger partial charge >= 0.3 is 0 Å². The molecule has 4 nitrogen and oxygen atoms in total. The zero-order chi connectivity index (χ0) is 14.5. The van der Waals surface area contributed by atoms with Crippen LogP contribution in [0.1, 0.15) is 11.4 Å². The summed E-state index contributed by atoms with van der Waals surface area (Å²) < 4.78 is 12.7. The molecule has 0 bridgehead atoms. The van der Waals surface area contributed by atoms with Crippen molar-refractivity contribution in [3.8, 4) is 0 Å². The van der Waals surface area contributed by atoms with E-state index >= 15 is 0 Å². The van der Waals surface area contributed by atoms with Crippen LogP contribution in [0.5, 0.6) is 0 Å². The summed E-state index contributed by atoms with van der Waals surface area (Å²) in [6, 6.07) is 7.52. The van der Waals surface area contributed by atoms with E-state index in [-0.39, 0.29) is 17.5 Å². The third-order valence-corrected chi connectivity index (χ3v) is 3.27. The van der Waals surface area contributed by atoms with Crippen LogP contribution in [0, 0.1) is 19.7 Å². The molecule has 0 unspecified atom stereocenters. The molecule has 104 valence electrons. The first-order valence-corrected chi connectivity index (χ1v) is 7.02. The number of aryl methyl sites for hydroxylation is 2. The minimum Gasteiger partial charge on any atom is -0.325 e. The highest BCUT2D eigenvalue weighted by atomic mass is 32.2. The van der Waals surface area contributed by atoms with Crippen LogP contribution in [-0.4, -0.2) is 21.6 Å². The van der Waals surface area contributed by atoms with E-state index < -0.39 is 0 Å². The van der Waals surface area contributed by atoms with Gasteiger partial charge in [0.05, 0.1) is 5.75 Å². The molecule has 2 aromatic rings. The zero-order valence-electron chi connectivity index (χ0n) is 11.2. The van der Waals surface area contributed by atoms with Gasteiger partial charge in [-0.25, -0.2) is 14.4 Å². The summed E-state index contributed by atoms with van der Waals surface area (Å²) in [5, 5.41) is 3.27. The molecule has 6 heteroatoms. The molecule has 1 heterocycles. The van der Waals surface area contributed by atoms with Gasteiger partial charge in [0.25, 0.3) is 0 Å². The topological polar surface area (TPSA) is 54.9 Å². The monoisotopic (exact) mass is 291 g/mol. The van der Waals surface area contributed by atoms with Crippen molar-refractivity contribution < 1.29 is 9.18 Å². The molecule has 2 rings (SSSR count). The third kappa shape index (κ3) is 4.31. The normalized spacial score (nSPS) is 10.3. The Hall–Kier alpha value is -1.95. The second-order valence-electron chi connectivity index (χ2n) is 4.28. The Bertz CT molecular complexity index is 596. The van der Waals surface area contributed by atoms with E-state index in [1.54, 1.807) is 0 Å². The predicted octanol–water partition coefficient (Wildman–Crippen LogP) is 2.96. The molecule has 0 saturated carbocycles. The second-order valence-corrected chi connectivity index (χ2v) is 5.22. The molecular weight excluding hydrogens is 277 g/mol. The Balaban J connectivity index is 1.90. The molecule has 0 aliphatic heterocycles. The highest BCUT2D eigenvalue weighted by Crippen LogP contribution is 2.15. The predicted molar refractivity (Wildman–Crippen MR) is 77.3 cm³/mol. The first kappa shape index (κ1) is 14.5. The summed E-state index contributed by atoms with van der Waals surface area (Å²) in [5.41, 5.74) is 2.32. The number of rotatable bonds is 4. The van der Waals surface area contributed by atoms with E-state index in [1.165, 1.54) is 36.0 Å². The smallest absolute Gasteiger partial charge is 0.234 e. The van der Waals surface area contributed by atoms with Crippen LogP contribution in [0.3, 0.4) is 0 Å². The molecule has 1 aromatic heterocycles. The minimum atomic E-state index is -0.332. The Morgan fingerprint density at radius 2 is 1.80 bits per heavy atom. The van der Waals surface area contributed by atoms with E-state index in [4.69, 9.17) is 0 Å². The van der Waals surface area contributed by atoms with Gasteiger partial charge < -0.3 is 5.32 Å². The van der Waals surface area contributed by atoms with Crippen LogP contribution in [-0.2, 0) is 4.79 Å². The van der Waals surface area contributed by atoms with Gasteiger partial charge in [0, 0.05) is 17.1 Å². The largest absolute Gasteiger partial charge is 0.325 e. The average molecular weight is 291 g/mol. The number of thioether (sulfide) groups is 1. The molecule has 0 aliphatic carbocycles. The number of carbonyl (C=O) groups is 1. The summed E-state index contributed by atoms with van der Waals surface area (Å²) in [4.78, 5) is 20.3. The summed E-state index contributed by atoms with van der Waals surface area (Å²) in [6.45, 7) is 3.77. The Labute approximate surface area is 120 Å². The molecule has 1 amide bonds. The average Bonchev–Trinajstić information content (AvgIpc) is 2.38. The van der Waals surface area contributed by atoms with Gasteiger partial charge in [0.2, 0.25) is 5.91 Å². The number of nitrogens with zero attached hydrogens (tertiary/aromatic N) is 2. The van der Waals surface area contributed by atoms with E-state index in [0.29, 0.717) is 10.8 Å². The van der Waals surface area contributed by atoms with Gasteiger partial charge in [-0.3, -0.25) is 4.79 Å². The van der Waals surface area contributed by atoms with Crippen molar-refractivity contribution in [2.24, 2.45) is 0 Å². The van der Waals surface area contributed by atoms with Crippen LogP contribution in [0.4, 0.5) is 10.1 Å². The lowest BCUT2D eigenvalue weighted by Crippen LogP contribution is -2.14. The molecule has 0 atom stereocenters. The Morgan fingerprint density at radius 1 is 1.20 bits per heavy atom. The number of carbonyl (C=O) groups excluding carboxylic acids is 1. The van der Waals surface area contributed by atoms with E-state index in [1.807, 2.05) is 19.9 Å². The molecule has 0 radical (unpaired) electrons. The minimum absolute atomic E-state index is 0.177. The van der Waals surface area contributed by atoms with Gasteiger partial charge in [0.1, 0.15) is 5.82 Å². The fourth-order valence-corrected chi connectivity index (χ4v) is 2.37. The van der Waals surface area contributed by atoms with Gasteiger partial charge in [-0.15, -0.1) is 0 Å². The first-order chi connectivity index (χ1) is 9.52. The second kappa shape index (κ2) is 6.47. The number of amides is 1. The number of benzene rings is 1. The van der Waals surface area contributed by atoms with E-state index in [2.05, 4.69) is 15.3 Å². The highest BCUT2D eigenvalue weighted by molar-refractivity contribution is 7.99. The zero-order valence-corrected chi connectivity index (χ0v) is 12.0. The van der Waals surface area contributed by atoms with Crippen molar-refractivity contribution >= 4 is 23.4 Å². The number of hydrogen-bond acceptors (Lipinski definition) is 4. The van der Waals surface area contributed by atoms with Crippen molar-refractivity contribution in [3.63, 3.8) is 0 Å². The van der Waals surface area contributed by atoms with Crippen molar-refractivity contribution in [3.05, 3.63) is 47.5 Å². The van der Waals surface area contributed by atoms with Crippen molar-refractivity contribution in [1.82, 2.24) is 9.97 Å². The number of halogens is 1. The summed E-state index contributed by atoms with van der Waals surface area (Å²) >= 11 is 1.27. The number of nitrogens with one attached hydrogen (secondary N) is 1. The molecule has 1 N–H and O–H groups in total. The van der Waals surface area contributed by atoms with E-state index in [0.717, 1.165) is 11.4 Å². The maximum Gasteiger partial charge on any atom is 0.234 e. The fraction of sp³-hybridized carbons (Fsp3) is 0.214. The molecule has 0 spiro atoms. The van der Waals surface area contributed by atoms with Crippen molar-refractivity contribution in [1.29, 1.82) is 0 Å². The summed E-state index contributed by atoms with van der Waals surface area (Å²) in [6.07, 6.45) is 0. The van der Waals surface area contributed by atoms with Crippen LogP contribution in [0.15, 0.2) is 35.5 Å². The van der Waals surface area contributed by atoms with Crippen molar-refractivity contribution in [2.75, 3.05) is 11.1 Å². The van der Waals surface area contributed by atoms with E-state index in [9.17, 15) is 9.18 Å². The van der Waals surface area contributed by atoms with Crippen molar-refractivity contribution in [2.45, 2.75) is 19.0 Å². The van der Waals surface area contributed by atoms with Crippen LogP contribution in [0.2, 0.25) is 0 Å². The first-order valence-electron chi connectivity index (χ1n) is 6.03. The lowest BCUT2D eigenvalue weighted by atomic mass is 10.3. The maximum absolute atomic E-state index is 12.7. The van der Waals surface area contributed by atoms with Gasteiger partial charge in [-0.05, 0) is 44.2 Å². The quantitative estimate of drug-likeness (QED) is 0.695. The lowest BCUT2D eigenvalue weighted by Gasteiger charge is -2.05. The molecule has 0 saturated heterocycles. The third-order valence-electron chi connectivity index (χ3n) is 2.42. The fourth-order valence-electron chi connectivity index (χ4n) is 1.62. The number of aromatic nitrogens is 2. The standard InChI is InChI=1S/C14H14FN3OS/c1-9-7-10(2)17-14(16-9)20-8-13(19)18-12-5-3-11(15)4-6-12/h3-7H,8H2,1-2H3,(H,18,19). The summed E-state index contributed by atoms with van der Waals surface area (Å²) in [5.74, 6) is -0.300. The number of hydrogen-bond donors (Lipinski definition) is 1. The van der Waals surface area contributed by atoms with Gasteiger partial charge in [-0.1, -0.05) is 11.8 Å².